The Hall–Kier alpha value is -3.72. The summed E-state index contributed by atoms with van der Waals surface area (Å²) in [6, 6.07) is 15.5. The van der Waals surface area contributed by atoms with Crippen LogP contribution < -0.4 is 4.90 Å². The molecule has 0 saturated carbocycles. The maximum absolute atomic E-state index is 13.0. The van der Waals surface area contributed by atoms with Crippen LogP contribution in [0.2, 0.25) is 0 Å². The number of nitrogens with zero attached hydrogens (tertiary/aromatic N) is 4. The van der Waals surface area contributed by atoms with Crippen LogP contribution in [-0.2, 0) is 11.8 Å². The first kappa shape index (κ1) is 21.1. The molecule has 5 rings (SSSR count). The first-order chi connectivity index (χ1) is 15.8. The van der Waals surface area contributed by atoms with Crippen LogP contribution in [0.3, 0.4) is 0 Å². The van der Waals surface area contributed by atoms with Gasteiger partial charge in [-0.2, -0.15) is 13.2 Å². The highest BCUT2D eigenvalue weighted by Crippen LogP contribution is 2.40. The minimum Gasteiger partial charge on any atom is -0.507 e. The molecule has 0 radical (unpaired) electrons. The van der Waals surface area contributed by atoms with E-state index in [1.54, 1.807) is 18.3 Å². The molecule has 0 bridgehead atoms. The molecule has 2 N–H and O–H groups in total. The van der Waals surface area contributed by atoms with Gasteiger partial charge in [-0.1, -0.05) is 30.3 Å². The van der Waals surface area contributed by atoms with Gasteiger partial charge in [0.15, 0.2) is 5.82 Å². The van der Waals surface area contributed by atoms with Gasteiger partial charge in [0.1, 0.15) is 22.6 Å². The summed E-state index contributed by atoms with van der Waals surface area (Å²) in [4.78, 5) is 6.33. The number of benzene rings is 2. The smallest absolute Gasteiger partial charge is 0.416 e. The Balaban J connectivity index is 1.55. The van der Waals surface area contributed by atoms with Crippen LogP contribution >= 0.6 is 0 Å². The number of fused-ring (bicyclic) bond motifs is 1. The van der Waals surface area contributed by atoms with E-state index in [-0.39, 0.29) is 11.3 Å². The number of aromatic hydroxyl groups is 1. The molecule has 0 spiro atoms. The molecule has 9 heteroatoms. The number of aliphatic hydroxyl groups is 1. The summed E-state index contributed by atoms with van der Waals surface area (Å²) in [5, 5.41) is 30.6. The molecule has 1 aliphatic rings. The van der Waals surface area contributed by atoms with Crippen LogP contribution in [0.1, 0.15) is 17.5 Å². The summed E-state index contributed by atoms with van der Waals surface area (Å²) < 4.78 is 39.0. The Labute approximate surface area is 187 Å². The van der Waals surface area contributed by atoms with Crippen LogP contribution in [0, 0.1) is 0 Å². The highest BCUT2D eigenvalue weighted by atomic mass is 19.4. The second-order valence-corrected chi connectivity index (χ2v) is 8.07. The normalized spacial score (nSPS) is 18.7. The number of alkyl halides is 3. The van der Waals surface area contributed by atoms with Crippen molar-refractivity contribution in [2.24, 2.45) is 0 Å². The molecule has 4 aromatic rings. The average molecular weight is 452 g/mol. The molecule has 2 aromatic heterocycles. The number of phenolic OH excluding ortho intramolecular Hbond substituents is 1. The molecule has 0 amide bonds. The van der Waals surface area contributed by atoms with E-state index in [9.17, 15) is 23.4 Å². The van der Waals surface area contributed by atoms with Gasteiger partial charge in [0.05, 0.1) is 12.1 Å². The number of rotatable bonds is 3. The number of hydrogen-bond donors (Lipinski definition) is 2. The summed E-state index contributed by atoms with van der Waals surface area (Å²) in [7, 11) is 0. The van der Waals surface area contributed by atoms with Crippen molar-refractivity contribution in [3.8, 4) is 17.0 Å². The van der Waals surface area contributed by atoms with Gasteiger partial charge in [-0.3, -0.25) is 4.98 Å². The standard InChI is InChI=1S/C24H19F3N4O2/c25-24(26,27)16-8-9-17(19(32)13-16)20-18-7-4-11-28-21(18)22(30-29-20)31-12-10-23(33,14-31)15-5-2-1-3-6-15/h1-9,11,13,32-33H,10,12,14H2/t23-/m1/s1. The third-order valence-corrected chi connectivity index (χ3v) is 5.96. The minimum atomic E-state index is -4.57. The summed E-state index contributed by atoms with van der Waals surface area (Å²) in [6.07, 6.45) is -2.49. The Bertz CT molecular complexity index is 1330. The fraction of sp³-hybridized carbons (Fsp3) is 0.208. The lowest BCUT2D eigenvalue weighted by Crippen LogP contribution is -2.31. The fourth-order valence-electron chi connectivity index (χ4n) is 4.25. The molecular formula is C24H19F3N4O2. The number of pyridine rings is 1. The van der Waals surface area contributed by atoms with E-state index < -0.39 is 23.1 Å². The van der Waals surface area contributed by atoms with E-state index in [0.717, 1.165) is 11.6 Å². The maximum atomic E-state index is 13.0. The first-order valence-corrected chi connectivity index (χ1v) is 10.3. The van der Waals surface area contributed by atoms with Crippen LogP contribution in [0.15, 0.2) is 66.9 Å². The highest BCUT2D eigenvalue weighted by Gasteiger charge is 2.39. The predicted octanol–water partition coefficient (Wildman–Crippen LogP) is 4.51. The van der Waals surface area contributed by atoms with E-state index in [0.29, 0.717) is 42.3 Å². The molecule has 1 atom stereocenters. The van der Waals surface area contributed by atoms with Crippen molar-refractivity contribution in [2.45, 2.75) is 18.2 Å². The summed E-state index contributed by atoms with van der Waals surface area (Å²) in [5.41, 5.74) is -0.349. The van der Waals surface area contributed by atoms with E-state index in [1.165, 1.54) is 6.07 Å². The lowest BCUT2D eigenvalue weighted by atomic mass is 9.93. The van der Waals surface area contributed by atoms with E-state index >= 15 is 0 Å². The second kappa shape index (κ2) is 7.70. The maximum Gasteiger partial charge on any atom is 0.416 e. The molecule has 6 nitrogen and oxygen atoms in total. The summed E-state index contributed by atoms with van der Waals surface area (Å²) >= 11 is 0. The lowest BCUT2D eigenvalue weighted by molar-refractivity contribution is -0.137. The minimum absolute atomic E-state index is 0.127. The highest BCUT2D eigenvalue weighted by molar-refractivity contribution is 5.98. The molecule has 3 heterocycles. The molecule has 2 aromatic carbocycles. The number of phenols is 1. The predicted molar refractivity (Wildman–Crippen MR) is 117 cm³/mol. The molecular weight excluding hydrogens is 433 g/mol. The number of aromatic nitrogens is 3. The molecule has 168 valence electrons. The van der Waals surface area contributed by atoms with Gasteiger partial charge in [0.25, 0.3) is 0 Å². The number of anilines is 1. The van der Waals surface area contributed by atoms with E-state index in [1.807, 2.05) is 35.2 Å². The third-order valence-electron chi connectivity index (χ3n) is 5.96. The van der Waals surface area contributed by atoms with Gasteiger partial charge in [0, 0.05) is 23.7 Å². The lowest BCUT2D eigenvalue weighted by Gasteiger charge is -2.24. The van der Waals surface area contributed by atoms with E-state index in [2.05, 4.69) is 15.2 Å². The van der Waals surface area contributed by atoms with Crippen molar-refractivity contribution in [2.75, 3.05) is 18.0 Å². The van der Waals surface area contributed by atoms with Crippen LogP contribution in [0.5, 0.6) is 5.75 Å². The van der Waals surface area contributed by atoms with Crippen LogP contribution in [0.4, 0.5) is 19.0 Å². The Morgan fingerprint density at radius 3 is 2.48 bits per heavy atom. The van der Waals surface area contributed by atoms with Crippen molar-refractivity contribution in [1.29, 1.82) is 0 Å². The summed E-state index contributed by atoms with van der Waals surface area (Å²) in [5.74, 6) is -0.0794. The quantitative estimate of drug-likeness (QED) is 0.476. The number of hydrogen-bond acceptors (Lipinski definition) is 6. The zero-order chi connectivity index (χ0) is 23.2. The summed E-state index contributed by atoms with van der Waals surface area (Å²) in [6.45, 7) is 0.818. The topological polar surface area (TPSA) is 82.4 Å². The van der Waals surface area contributed by atoms with Crippen LogP contribution in [0.25, 0.3) is 22.2 Å². The molecule has 1 saturated heterocycles. The Morgan fingerprint density at radius 1 is 0.970 bits per heavy atom. The van der Waals surface area contributed by atoms with Crippen molar-refractivity contribution in [1.82, 2.24) is 15.2 Å². The molecule has 0 aliphatic carbocycles. The van der Waals surface area contributed by atoms with Gasteiger partial charge in [-0.25, -0.2) is 0 Å². The second-order valence-electron chi connectivity index (χ2n) is 8.07. The Morgan fingerprint density at radius 2 is 1.76 bits per heavy atom. The van der Waals surface area contributed by atoms with E-state index in [4.69, 9.17) is 0 Å². The zero-order valence-electron chi connectivity index (χ0n) is 17.3. The SMILES string of the molecule is Oc1cc(C(F)(F)F)ccc1-c1nnc(N2CC[C@](O)(c3ccccc3)C2)c2ncccc12. The van der Waals surface area contributed by atoms with Crippen molar-refractivity contribution in [3.05, 3.63) is 78.0 Å². The molecule has 0 unspecified atom stereocenters. The largest absolute Gasteiger partial charge is 0.507 e. The van der Waals surface area contributed by atoms with Crippen molar-refractivity contribution in [3.63, 3.8) is 0 Å². The van der Waals surface area contributed by atoms with Gasteiger partial charge < -0.3 is 15.1 Å². The molecule has 1 fully saturated rings. The van der Waals surface area contributed by atoms with Crippen molar-refractivity contribution < 1.29 is 23.4 Å². The van der Waals surface area contributed by atoms with Gasteiger partial charge in [-0.05, 0) is 42.3 Å². The van der Waals surface area contributed by atoms with Crippen LogP contribution in [-0.4, -0.2) is 38.5 Å². The molecule has 33 heavy (non-hydrogen) atoms. The zero-order valence-corrected chi connectivity index (χ0v) is 17.3. The fourth-order valence-corrected chi connectivity index (χ4v) is 4.25. The third kappa shape index (κ3) is 3.74. The van der Waals surface area contributed by atoms with Gasteiger partial charge >= 0.3 is 6.18 Å². The molecule has 1 aliphatic heterocycles. The number of β-amino-alcohol motifs (C(OH)–C–C–N with tert-alkyl or cyclic N) is 1. The number of halogens is 3. The first-order valence-electron chi connectivity index (χ1n) is 10.3. The average Bonchev–Trinajstić information content (AvgIpc) is 3.21. The van der Waals surface area contributed by atoms with Gasteiger partial charge in [0.2, 0.25) is 0 Å². The monoisotopic (exact) mass is 452 g/mol. The van der Waals surface area contributed by atoms with Gasteiger partial charge in [-0.15, -0.1) is 10.2 Å². The Kier molecular flexibility index (Phi) is 4.93. The van der Waals surface area contributed by atoms with Crippen molar-refractivity contribution >= 4 is 16.7 Å².